The van der Waals surface area contributed by atoms with Gasteiger partial charge in [0.05, 0.1) is 46.6 Å². The summed E-state index contributed by atoms with van der Waals surface area (Å²) in [5, 5.41) is 13.4. The van der Waals surface area contributed by atoms with E-state index in [0.29, 0.717) is 33.6 Å². The summed E-state index contributed by atoms with van der Waals surface area (Å²) in [4.78, 5) is 23.0. The zero-order valence-corrected chi connectivity index (χ0v) is 19.1. The van der Waals surface area contributed by atoms with Crippen LogP contribution in [0.25, 0.3) is 27.8 Å². The number of rotatable bonds is 6. The van der Waals surface area contributed by atoms with Crippen LogP contribution in [0.3, 0.4) is 0 Å². The highest BCUT2D eigenvalue weighted by Gasteiger charge is 2.23. The first-order valence-electron chi connectivity index (χ1n) is 10.1. The van der Waals surface area contributed by atoms with Crippen molar-refractivity contribution in [3.05, 3.63) is 35.6 Å². The average Bonchev–Trinajstić information content (AvgIpc) is 3.36. The zero-order chi connectivity index (χ0) is 23.2. The lowest BCUT2D eigenvalue weighted by Crippen LogP contribution is -2.37. The molecule has 0 fully saturated rings. The largest absolute Gasteiger partial charge is 0.379 e. The summed E-state index contributed by atoms with van der Waals surface area (Å²) in [5.74, 6) is -0.361. The summed E-state index contributed by atoms with van der Waals surface area (Å²) in [7, 11) is 3.65. The Morgan fingerprint density at radius 2 is 2.00 bits per heavy atom. The molecule has 1 aromatic carbocycles. The Morgan fingerprint density at radius 1 is 1.25 bits per heavy atom. The topological polar surface area (TPSA) is 103 Å². The molecule has 9 nitrogen and oxygen atoms in total. The van der Waals surface area contributed by atoms with E-state index >= 15 is 4.39 Å². The van der Waals surface area contributed by atoms with Crippen molar-refractivity contribution in [1.29, 1.82) is 0 Å². The van der Waals surface area contributed by atoms with Crippen LogP contribution in [0, 0.1) is 5.82 Å². The Bertz CT molecular complexity index is 1310. The van der Waals surface area contributed by atoms with Crippen LogP contribution < -0.4 is 10.6 Å². The smallest absolute Gasteiger partial charge is 0.242 e. The highest BCUT2D eigenvalue weighted by molar-refractivity contribution is 6.35. The molecule has 32 heavy (non-hydrogen) atoms. The van der Waals surface area contributed by atoms with Crippen LogP contribution in [0.15, 0.2) is 24.8 Å². The van der Waals surface area contributed by atoms with Gasteiger partial charge in [0.25, 0.3) is 0 Å². The number of carbonyl (C=O) groups excluding carboxylic acids is 1. The van der Waals surface area contributed by atoms with Crippen molar-refractivity contribution in [3.63, 3.8) is 0 Å². The molecule has 4 rings (SSSR count). The van der Waals surface area contributed by atoms with Gasteiger partial charge in [0.1, 0.15) is 0 Å². The third kappa shape index (κ3) is 3.87. The fourth-order valence-corrected chi connectivity index (χ4v) is 3.64. The summed E-state index contributed by atoms with van der Waals surface area (Å²) in [6.07, 6.45) is 6.50. The normalized spacial score (nSPS) is 12.8. The predicted molar refractivity (Wildman–Crippen MR) is 124 cm³/mol. The first kappa shape index (κ1) is 22.0. The number of fused-ring (bicyclic) bond motifs is 2. The van der Waals surface area contributed by atoms with E-state index in [1.165, 1.54) is 0 Å². The fraction of sp³-hybridized carbons (Fsp3) is 0.333. The van der Waals surface area contributed by atoms with Gasteiger partial charge in [-0.3, -0.25) is 19.8 Å². The van der Waals surface area contributed by atoms with Crippen molar-refractivity contribution >= 4 is 45.6 Å². The number of aromatic nitrogens is 5. The van der Waals surface area contributed by atoms with E-state index in [1.807, 2.05) is 27.9 Å². The second kappa shape index (κ2) is 8.36. The van der Waals surface area contributed by atoms with Crippen LogP contribution in [0.1, 0.15) is 20.8 Å². The third-order valence-electron chi connectivity index (χ3n) is 5.23. The Morgan fingerprint density at radius 3 is 2.69 bits per heavy atom. The van der Waals surface area contributed by atoms with E-state index in [0.717, 1.165) is 0 Å². The van der Waals surface area contributed by atoms with Gasteiger partial charge in [-0.25, -0.2) is 9.37 Å². The van der Waals surface area contributed by atoms with Crippen molar-refractivity contribution < 1.29 is 9.18 Å². The number of imidazole rings is 1. The van der Waals surface area contributed by atoms with Gasteiger partial charge in [-0.05, 0) is 34.9 Å². The summed E-state index contributed by atoms with van der Waals surface area (Å²) < 4.78 is 16.9. The van der Waals surface area contributed by atoms with Gasteiger partial charge < -0.3 is 15.0 Å². The van der Waals surface area contributed by atoms with Crippen LogP contribution in [0.4, 0.5) is 15.9 Å². The standard InChI is InChI=1S/C21H24ClFN8O/c1-10(2)26-20-18(23)17(22)16(12-6-25-29-19(12)20)13-8-31-9-14(27-15(31)7-24-13)28-21(32)11(3)30(4)5/h6-11,26H,1-5H3,(H,25,29)(H,28,32)/t11-/m1/s1. The SMILES string of the molecule is CC(C)Nc1c(F)c(Cl)c(-c2cn3cc(NC(=O)[C@@H](C)N(C)C)nc3cn2)c2cn[nH]c12. The number of benzene rings is 1. The van der Waals surface area contributed by atoms with Gasteiger partial charge in [-0.1, -0.05) is 11.6 Å². The molecule has 1 atom stereocenters. The van der Waals surface area contributed by atoms with E-state index < -0.39 is 5.82 Å². The van der Waals surface area contributed by atoms with E-state index in [9.17, 15) is 4.79 Å². The Hall–Kier alpha value is -3.24. The van der Waals surface area contributed by atoms with Crippen LogP contribution in [-0.4, -0.2) is 61.6 Å². The molecule has 0 saturated carbocycles. The molecule has 0 bridgehead atoms. The number of hydrogen-bond donors (Lipinski definition) is 3. The Kier molecular flexibility index (Phi) is 5.74. The van der Waals surface area contributed by atoms with E-state index in [1.54, 1.807) is 41.0 Å². The molecule has 11 heteroatoms. The number of amides is 1. The van der Waals surface area contributed by atoms with Crippen LogP contribution in [-0.2, 0) is 4.79 Å². The quantitative estimate of drug-likeness (QED) is 0.406. The van der Waals surface area contributed by atoms with Crippen molar-refractivity contribution in [2.45, 2.75) is 32.9 Å². The number of H-pyrrole nitrogens is 1. The maximum absolute atomic E-state index is 15.2. The molecule has 0 aliphatic heterocycles. The minimum absolute atomic E-state index is 0.00202. The molecular weight excluding hydrogens is 435 g/mol. The molecular formula is C21H24ClFN8O. The number of carbonyl (C=O) groups is 1. The van der Waals surface area contributed by atoms with Gasteiger partial charge in [0.15, 0.2) is 17.3 Å². The second-order valence-corrected chi connectivity index (χ2v) is 8.51. The molecule has 0 aliphatic carbocycles. The molecule has 0 saturated heterocycles. The lowest BCUT2D eigenvalue weighted by molar-refractivity contribution is -0.119. The molecule has 0 aliphatic rings. The third-order valence-corrected chi connectivity index (χ3v) is 5.58. The van der Waals surface area contributed by atoms with Crippen molar-refractivity contribution in [2.75, 3.05) is 24.7 Å². The highest BCUT2D eigenvalue weighted by Crippen LogP contribution is 2.40. The number of nitrogens with one attached hydrogen (secondary N) is 3. The van der Waals surface area contributed by atoms with Gasteiger partial charge in [0.2, 0.25) is 5.91 Å². The molecule has 3 aromatic heterocycles. The summed E-state index contributed by atoms with van der Waals surface area (Å²) in [6.45, 7) is 5.62. The second-order valence-electron chi connectivity index (χ2n) is 8.13. The summed E-state index contributed by atoms with van der Waals surface area (Å²) in [6, 6.07) is -0.315. The number of nitrogens with zero attached hydrogens (tertiary/aromatic N) is 5. The number of aromatic amines is 1. The minimum Gasteiger partial charge on any atom is -0.379 e. The van der Waals surface area contributed by atoms with E-state index in [2.05, 4.69) is 30.8 Å². The maximum atomic E-state index is 15.2. The molecule has 0 spiro atoms. The van der Waals surface area contributed by atoms with Crippen LogP contribution >= 0.6 is 11.6 Å². The highest BCUT2D eigenvalue weighted by atomic mass is 35.5. The first-order chi connectivity index (χ1) is 15.2. The first-order valence-corrected chi connectivity index (χ1v) is 10.5. The number of halogens is 2. The van der Waals surface area contributed by atoms with Crippen molar-refractivity contribution in [3.8, 4) is 11.3 Å². The Labute approximate surface area is 189 Å². The monoisotopic (exact) mass is 458 g/mol. The van der Waals surface area contributed by atoms with E-state index in [-0.39, 0.29) is 28.7 Å². The zero-order valence-electron chi connectivity index (χ0n) is 18.4. The van der Waals surface area contributed by atoms with Crippen molar-refractivity contribution in [2.24, 2.45) is 0 Å². The Balaban J connectivity index is 1.77. The number of anilines is 2. The number of likely N-dealkylation sites (N-methyl/N-ethyl adjacent to an activating group) is 1. The van der Waals surface area contributed by atoms with Crippen LogP contribution in [0.5, 0.6) is 0 Å². The lowest BCUT2D eigenvalue weighted by atomic mass is 10.1. The average molecular weight is 459 g/mol. The maximum Gasteiger partial charge on any atom is 0.242 e. The fourth-order valence-electron chi connectivity index (χ4n) is 3.34. The predicted octanol–water partition coefficient (Wildman–Crippen LogP) is 3.77. The summed E-state index contributed by atoms with van der Waals surface area (Å²) >= 11 is 6.46. The van der Waals surface area contributed by atoms with Gasteiger partial charge in [-0.15, -0.1) is 0 Å². The van der Waals surface area contributed by atoms with E-state index in [4.69, 9.17) is 11.6 Å². The lowest BCUT2D eigenvalue weighted by Gasteiger charge is -2.17. The molecule has 0 radical (unpaired) electrons. The van der Waals surface area contributed by atoms with Crippen LogP contribution in [0.2, 0.25) is 5.02 Å². The van der Waals surface area contributed by atoms with Gasteiger partial charge in [-0.2, -0.15) is 5.10 Å². The van der Waals surface area contributed by atoms with Gasteiger partial charge in [0, 0.05) is 23.2 Å². The van der Waals surface area contributed by atoms with Crippen molar-refractivity contribution in [1.82, 2.24) is 29.5 Å². The molecule has 0 unspecified atom stereocenters. The number of hydrogen-bond acceptors (Lipinski definition) is 6. The molecule has 3 N–H and O–H groups in total. The minimum atomic E-state index is -0.578. The molecule has 1 amide bonds. The molecule has 3 heterocycles. The van der Waals surface area contributed by atoms with Gasteiger partial charge >= 0.3 is 0 Å². The molecule has 168 valence electrons. The summed E-state index contributed by atoms with van der Waals surface area (Å²) in [5.41, 5.74) is 2.17. The molecule has 4 aromatic rings.